The fourth-order valence-electron chi connectivity index (χ4n) is 5.81. The maximum Gasteiger partial charge on any atom is 0.407 e. The molecule has 0 bridgehead atoms. The van der Waals surface area contributed by atoms with Gasteiger partial charge >= 0.3 is 6.09 Å². The molecule has 5 N–H and O–H groups in total. The number of piperidine rings is 1. The Morgan fingerprint density at radius 2 is 1.57 bits per heavy atom. The lowest BCUT2D eigenvalue weighted by atomic mass is 9.87. The molecule has 1 fully saturated rings. The monoisotopic (exact) mass is 638 g/mol. The molecule has 0 aliphatic carbocycles. The average Bonchev–Trinajstić information content (AvgIpc) is 3.02. The van der Waals surface area contributed by atoms with Crippen molar-refractivity contribution in [2.45, 2.75) is 103 Å². The number of rotatable bonds is 14. The molecule has 0 aromatic heterocycles. The standard InChI is InChI=1S/C36H54N4O6/c1-7-24(2)32(34(44)40-19-17-28(37-6)18-20-40)39-33(43)27(21-26-13-15-29(41)16-14-26)23-31(42)30(22-25-11-9-8-10-12-25)38-35(45)46-36(3,4)5/h8-16,24,27-28,30-32,37,41-42H,7,17-23H2,1-6H3,(H,38,45)(H,39,43). The topological polar surface area (TPSA) is 140 Å². The summed E-state index contributed by atoms with van der Waals surface area (Å²) in [5.74, 6) is -1.15. The van der Waals surface area contributed by atoms with Gasteiger partial charge in [-0.05, 0) is 89.1 Å². The lowest BCUT2D eigenvalue weighted by molar-refractivity contribution is -0.140. The van der Waals surface area contributed by atoms with Gasteiger partial charge in [-0.15, -0.1) is 0 Å². The van der Waals surface area contributed by atoms with Crippen molar-refractivity contribution < 1.29 is 29.3 Å². The van der Waals surface area contributed by atoms with Crippen molar-refractivity contribution in [3.8, 4) is 5.75 Å². The van der Waals surface area contributed by atoms with Crippen LogP contribution in [0.2, 0.25) is 0 Å². The third-order valence-electron chi connectivity index (χ3n) is 8.77. The first-order valence-corrected chi connectivity index (χ1v) is 16.5. The van der Waals surface area contributed by atoms with E-state index in [0.29, 0.717) is 32.0 Å². The van der Waals surface area contributed by atoms with Crippen LogP contribution in [0.25, 0.3) is 0 Å². The molecule has 3 amide bonds. The Labute approximate surface area is 274 Å². The highest BCUT2D eigenvalue weighted by molar-refractivity contribution is 5.89. The van der Waals surface area contributed by atoms with Gasteiger partial charge in [-0.3, -0.25) is 9.59 Å². The van der Waals surface area contributed by atoms with Gasteiger partial charge in [0.2, 0.25) is 11.8 Å². The second-order valence-corrected chi connectivity index (χ2v) is 13.6. The SMILES string of the molecule is CCC(C)C(NC(=O)C(Cc1ccc(O)cc1)CC(O)C(Cc1ccccc1)NC(=O)OC(C)(C)C)C(=O)N1CCC(NC)CC1. The highest BCUT2D eigenvalue weighted by Crippen LogP contribution is 2.23. The molecule has 0 saturated carbocycles. The number of nitrogens with zero attached hydrogens (tertiary/aromatic N) is 1. The maximum atomic E-state index is 14.1. The molecule has 10 heteroatoms. The van der Waals surface area contributed by atoms with Crippen LogP contribution in [0.5, 0.6) is 5.75 Å². The molecule has 1 aliphatic rings. The first-order chi connectivity index (χ1) is 21.8. The van der Waals surface area contributed by atoms with E-state index in [1.165, 1.54) is 0 Å². The van der Waals surface area contributed by atoms with Gasteiger partial charge < -0.3 is 35.8 Å². The third kappa shape index (κ3) is 11.6. The number of phenols is 1. The fourth-order valence-corrected chi connectivity index (χ4v) is 5.81. The first kappa shape index (κ1) is 36.8. The van der Waals surface area contributed by atoms with Gasteiger partial charge in [0.05, 0.1) is 12.1 Å². The number of ether oxygens (including phenoxy) is 1. The van der Waals surface area contributed by atoms with E-state index in [1.807, 2.05) is 56.1 Å². The number of phenolic OH excluding ortho intramolecular Hbond substituents is 1. The molecule has 254 valence electrons. The highest BCUT2D eigenvalue weighted by atomic mass is 16.6. The van der Waals surface area contributed by atoms with Crippen LogP contribution in [-0.4, -0.2) is 83.0 Å². The summed E-state index contributed by atoms with van der Waals surface area (Å²) in [4.78, 5) is 42.5. The molecule has 5 unspecified atom stereocenters. The van der Waals surface area contributed by atoms with Crippen molar-refractivity contribution in [1.82, 2.24) is 20.9 Å². The van der Waals surface area contributed by atoms with Crippen LogP contribution in [0, 0.1) is 11.8 Å². The lowest BCUT2D eigenvalue weighted by Gasteiger charge is -2.36. The van der Waals surface area contributed by atoms with E-state index in [9.17, 15) is 24.6 Å². The van der Waals surface area contributed by atoms with E-state index in [4.69, 9.17) is 4.74 Å². The van der Waals surface area contributed by atoms with E-state index in [2.05, 4.69) is 16.0 Å². The lowest BCUT2D eigenvalue weighted by Crippen LogP contribution is -2.56. The zero-order chi connectivity index (χ0) is 33.9. The second kappa shape index (κ2) is 17.3. The number of aliphatic hydroxyl groups is 1. The summed E-state index contributed by atoms with van der Waals surface area (Å²) in [7, 11) is 1.93. The molecule has 1 aliphatic heterocycles. The van der Waals surface area contributed by atoms with Crippen LogP contribution in [-0.2, 0) is 27.2 Å². The van der Waals surface area contributed by atoms with Gasteiger partial charge in [-0.25, -0.2) is 4.79 Å². The number of carbonyl (C=O) groups is 3. The molecule has 46 heavy (non-hydrogen) atoms. The molecule has 2 aromatic rings. The van der Waals surface area contributed by atoms with Crippen LogP contribution in [0.3, 0.4) is 0 Å². The summed E-state index contributed by atoms with van der Waals surface area (Å²) < 4.78 is 5.49. The normalized spacial score (nSPS) is 17.3. The van der Waals surface area contributed by atoms with E-state index >= 15 is 0 Å². The Morgan fingerprint density at radius 3 is 2.13 bits per heavy atom. The van der Waals surface area contributed by atoms with Gasteiger partial charge in [0.15, 0.2) is 0 Å². The highest BCUT2D eigenvalue weighted by Gasteiger charge is 2.35. The predicted octanol–water partition coefficient (Wildman–Crippen LogP) is 4.18. The smallest absolute Gasteiger partial charge is 0.407 e. The minimum atomic E-state index is -1.11. The molecule has 1 saturated heterocycles. The fraction of sp³-hybridized carbons (Fsp3) is 0.583. The molecule has 5 atom stereocenters. The molecule has 2 aromatic carbocycles. The summed E-state index contributed by atoms with van der Waals surface area (Å²) in [6.07, 6.45) is 1.26. The van der Waals surface area contributed by atoms with Crippen LogP contribution in [0.1, 0.15) is 71.4 Å². The summed E-state index contributed by atoms with van der Waals surface area (Å²) in [5, 5.41) is 30.7. The largest absolute Gasteiger partial charge is 0.508 e. The van der Waals surface area contributed by atoms with Crippen molar-refractivity contribution in [2.75, 3.05) is 20.1 Å². The molecule has 0 radical (unpaired) electrons. The average molecular weight is 639 g/mol. The Morgan fingerprint density at radius 1 is 0.957 bits per heavy atom. The summed E-state index contributed by atoms with van der Waals surface area (Å²) in [6.45, 7) is 10.5. The third-order valence-corrected chi connectivity index (χ3v) is 8.77. The summed E-state index contributed by atoms with van der Waals surface area (Å²) >= 11 is 0. The van der Waals surface area contributed by atoms with Gasteiger partial charge in [0, 0.05) is 25.0 Å². The van der Waals surface area contributed by atoms with Crippen LogP contribution in [0.4, 0.5) is 4.79 Å². The van der Waals surface area contributed by atoms with E-state index < -0.39 is 35.8 Å². The van der Waals surface area contributed by atoms with Crippen molar-refractivity contribution in [2.24, 2.45) is 11.8 Å². The van der Waals surface area contributed by atoms with Crippen LogP contribution in [0.15, 0.2) is 54.6 Å². The van der Waals surface area contributed by atoms with E-state index in [0.717, 1.165) is 24.0 Å². The maximum absolute atomic E-state index is 14.1. The quantitative estimate of drug-likeness (QED) is 0.209. The molecule has 10 nitrogen and oxygen atoms in total. The number of nitrogens with one attached hydrogen (secondary N) is 3. The van der Waals surface area contributed by atoms with Crippen molar-refractivity contribution in [3.05, 3.63) is 65.7 Å². The number of hydrogen-bond donors (Lipinski definition) is 5. The Bertz CT molecular complexity index is 1240. The first-order valence-electron chi connectivity index (χ1n) is 16.5. The molecule has 3 rings (SSSR count). The molecular weight excluding hydrogens is 584 g/mol. The zero-order valence-corrected chi connectivity index (χ0v) is 28.3. The molecule has 1 heterocycles. The molecular formula is C36H54N4O6. The number of alkyl carbamates (subject to hydrolysis) is 1. The number of aliphatic hydroxyl groups excluding tert-OH is 1. The Kier molecular flexibility index (Phi) is 13.9. The van der Waals surface area contributed by atoms with Crippen molar-refractivity contribution >= 4 is 17.9 Å². The Hall–Kier alpha value is -3.63. The van der Waals surface area contributed by atoms with E-state index in [1.54, 1.807) is 45.0 Å². The minimum Gasteiger partial charge on any atom is -0.508 e. The molecule has 0 spiro atoms. The summed E-state index contributed by atoms with van der Waals surface area (Å²) in [6, 6.07) is 15.0. The van der Waals surface area contributed by atoms with Crippen LogP contribution >= 0.6 is 0 Å². The number of carbonyl (C=O) groups excluding carboxylic acids is 3. The predicted molar refractivity (Wildman–Crippen MR) is 179 cm³/mol. The van der Waals surface area contributed by atoms with Gasteiger partial charge in [-0.1, -0.05) is 62.7 Å². The second-order valence-electron chi connectivity index (χ2n) is 13.6. The zero-order valence-electron chi connectivity index (χ0n) is 28.3. The Balaban J connectivity index is 1.85. The number of aromatic hydroxyl groups is 1. The van der Waals surface area contributed by atoms with Gasteiger partial charge in [0.25, 0.3) is 0 Å². The minimum absolute atomic E-state index is 0.0228. The van der Waals surface area contributed by atoms with E-state index in [-0.39, 0.29) is 36.3 Å². The van der Waals surface area contributed by atoms with Gasteiger partial charge in [-0.2, -0.15) is 0 Å². The number of amides is 3. The van der Waals surface area contributed by atoms with Gasteiger partial charge in [0.1, 0.15) is 17.4 Å². The number of hydrogen-bond acceptors (Lipinski definition) is 7. The van der Waals surface area contributed by atoms with Crippen molar-refractivity contribution in [3.63, 3.8) is 0 Å². The number of benzene rings is 2. The summed E-state index contributed by atoms with van der Waals surface area (Å²) in [5.41, 5.74) is 0.977. The number of likely N-dealkylation sites (tertiary alicyclic amines) is 1. The van der Waals surface area contributed by atoms with Crippen LogP contribution < -0.4 is 16.0 Å². The van der Waals surface area contributed by atoms with Crippen molar-refractivity contribution in [1.29, 1.82) is 0 Å².